The lowest BCUT2D eigenvalue weighted by Crippen LogP contribution is -2.24. The third kappa shape index (κ3) is 2.72. The summed E-state index contributed by atoms with van der Waals surface area (Å²) in [7, 11) is 0. The number of aromatic nitrogens is 1. The molecule has 18 heavy (non-hydrogen) atoms. The number of aryl methyl sites for hydroxylation is 1. The Balaban J connectivity index is 2.12. The molecule has 0 spiro atoms. The first-order valence-electron chi connectivity index (χ1n) is 6.38. The summed E-state index contributed by atoms with van der Waals surface area (Å²) in [5.41, 5.74) is 8.40. The van der Waals surface area contributed by atoms with E-state index in [0.717, 1.165) is 37.1 Å². The molecule has 5 nitrogen and oxygen atoms in total. The van der Waals surface area contributed by atoms with Gasteiger partial charge in [-0.15, -0.1) is 0 Å². The Morgan fingerprint density at radius 3 is 3.28 bits per heavy atom. The number of aromatic amines is 1. The highest BCUT2D eigenvalue weighted by atomic mass is 16.6. The Labute approximate surface area is 106 Å². The van der Waals surface area contributed by atoms with Gasteiger partial charge < -0.3 is 15.6 Å². The summed E-state index contributed by atoms with van der Waals surface area (Å²) in [5, 5.41) is 3.87. The minimum Gasteiger partial charge on any atom is -0.396 e. The molecule has 1 aliphatic rings. The van der Waals surface area contributed by atoms with Crippen LogP contribution in [0.5, 0.6) is 0 Å². The molecule has 2 rings (SSSR count). The van der Waals surface area contributed by atoms with Gasteiger partial charge in [0.05, 0.1) is 17.8 Å². The van der Waals surface area contributed by atoms with Gasteiger partial charge in [-0.1, -0.05) is 12.1 Å². The van der Waals surface area contributed by atoms with Gasteiger partial charge in [0.25, 0.3) is 0 Å². The molecule has 0 fully saturated rings. The average Bonchev–Trinajstić information content (AvgIpc) is 2.76. The van der Waals surface area contributed by atoms with Gasteiger partial charge in [0.1, 0.15) is 6.61 Å². The topological polar surface area (TPSA) is 80.5 Å². The molecule has 1 aliphatic carbocycles. The lowest BCUT2D eigenvalue weighted by atomic mass is 9.87. The van der Waals surface area contributed by atoms with E-state index in [9.17, 15) is 4.79 Å². The lowest BCUT2D eigenvalue weighted by Gasteiger charge is -2.19. The minimum atomic E-state index is -0.261. The second-order valence-electron chi connectivity index (χ2n) is 4.58. The molecular weight excluding hydrogens is 230 g/mol. The van der Waals surface area contributed by atoms with Gasteiger partial charge in [0.2, 0.25) is 5.91 Å². The van der Waals surface area contributed by atoms with E-state index in [1.54, 1.807) is 6.21 Å². The number of hydrogen-bond acceptors (Lipinski definition) is 3. The molecule has 3 N–H and O–H groups in total. The standard InChI is InChI=1S/C13H19N3O2/c1-2-6-18-15-8-10-7-9-4-3-5-11(13(14)17)12(9)16-10/h7-8,11,16H,2-6H2,1H3,(H2,14,17)/b15-8-. The summed E-state index contributed by atoms with van der Waals surface area (Å²) in [6.07, 6.45) is 5.39. The molecule has 1 heterocycles. The Morgan fingerprint density at radius 1 is 1.72 bits per heavy atom. The smallest absolute Gasteiger partial charge is 0.226 e. The van der Waals surface area contributed by atoms with Crippen LogP contribution in [0.3, 0.4) is 0 Å². The number of rotatable bonds is 5. The first-order valence-corrected chi connectivity index (χ1v) is 6.38. The number of fused-ring (bicyclic) bond motifs is 1. The van der Waals surface area contributed by atoms with Gasteiger partial charge >= 0.3 is 0 Å². The number of amides is 1. The highest BCUT2D eigenvalue weighted by molar-refractivity contribution is 5.84. The van der Waals surface area contributed by atoms with Crippen LogP contribution in [-0.4, -0.2) is 23.7 Å². The van der Waals surface area contributed by atoms with Crippen molar-refractivity contribution >= 4 is 12.1 Å². The molecule has 1 unspecified atom stereocenters. The fourth-order valence-electron chi connectivity index (χ4n) is 2.29. The van der Waals surface area contributed by atoms with Crippen molar-refractivity contribution in [2.24, 2.45) is 10.9 Å². The highest BCUT2D eigenvalue weighted by Gasteiger charge is 2.26. The van der Waals surface area contributed by atoms with E-state index < -0.39 is 0 Å². The molecule has 1 amide bonds. The maximum atomic E-state index is 11.4. The van der Waals surface area contributed by atoms with E-state index in [1.165, 1.54) is 5.56 Å². The second-order valence-corrected chi connectivity index (χ2v) is 4.58. The van der Waals surface area contributed by atoms with Crippen LogP contribution < -0.4 is 5.73 Å². The molecule has 0 saturated heterocycles. The van der Waals surface area contributed by atoms with E-state index in [4.69, 9.17) is 10.6 Å². The Kier molecular flexibility index (Phi) is 4.02. The molecule has 98 valence electrons. The summed E-state index contributed by atoms with van der Waals surface area (Å²) in [6.45, 7) is 2.64. The maximum absolute atomic E-state index is 11.4. The van der Waals surface area contributed by atoms with Crippen LogP contribution in [0.1, 0.15) is 49.1 Å². The largest absolute Gasteiger partial charge is 0.396 e. The van der Waals surface area contributed by atoms with Crippen molar-refractivity contribution in [1.29, 1.82) is 0 Å². The van der Waals surface area contributed by atoms with Crippen molar-refractivity contribution in [3.8, 4) is 0 Å². The Morgan fingerprint density at radius 2 is 2.56 bits per heavy atom. The second kappa shape index (κ2) is 5.71. The molecule has 5 heteroatoms. The fraction of sp³-hybridized carbons (Fsp3) is 0.538. The normalized spacial score (nSPS) is 18.8. The van der Waals surface area contributed by atoms with E-state index in [-0.39, 0.29) is 11.8 Å². The molecule has 0 bridgehead atoms. The van der Waals surface area contributed by atoms with Crippen molar-refractivity contribution in [2.45, 2.75) is 38.5 Å². The van der Waals surface area contributed by atoms with E-state index >= 15 is 0 Å². The molecular formula is C13H19N3O2. The Hall–Kier alpha value is -1.78. The van der Waals surface area contributed by atoms with Crippen LogP contribution in [-0.2, 0) is 16.1 Å². The monoisotopic (exact) mass is 249 g/mol. The van der Waals surface area contributed by atoms with Gasteiger partial charge in [-0.2, -0.15) is 0 Å². The van der Waals surface area contributed by atoms with Crippen LogP contribution in [0.2, 0.25) is 0 Å². The zero-order valence-electron chi connectivity index (χ0n) is 10.6. The van der Waals surface area contributed by atoms with Crippen molar-refractivity contribution in [2.75, 3.05) is 6.61 Å². The number of nitrogens with one attached hydrogen (secondary N) is 1. The summed E-state index contributed by atoms with van der Waals surface area (Å²) in [4.78, 5) is 19.6. The van der Waals surface area contributed by atoms with Gasteiger partial charge in [-0.05, 0) is 37.3 Å². The first-order chi connectivity index (χ1) is 8.72. The number of carbonyl (C=O) groups excluding carboxylic acids is 1. The van der Waals surface area contributed by atoms with Gasteiger partial charge in [0.15, 0.2) is 0 Å². The molecule has 1 aromatic heterocycles. The van der Waals surface area contributed by atoms with Crippen molar-refractivity contribution in [3.63, 3.8) is 0 Å². The minimum absolute atomic E-state index is 0.188. The molecule has 0 aromatic carbocycles. The number of hydrogen-bond donors (Lipinski definition) is 2. The van der Waals surface area contributed by atoms with E-state index in [1.807, 2.05) is 13.0 Å². The molecule has 1 aromatic rings. The number of H-pyrrole nitrogens is 1. The maximum Gasteiger partial charge on any atom is 0.226 e. The number of carbonyl (C=O) groups is 1. The molecule has 0 aliphatic heterocycles. The molecule has 0 radical (unpaired) electrons. The van der Waals surface area contributed by atoms with Crippen LogP contribution in [0.15, 0.2) is 11.2 Å². The van der Waals surface area contributed by atoms with Crippen LogP contribution in [0.25, 0.3) is 0 Å². The summed E-state index contributed by atoms with van der Waals surface area (Å²) in [5.74, 6) is -0.448. The fourth-order valence-corrected chi connectivity index (χ4v) is 2.29. The summed E-state index contributed by atoms with van der Waals surface area (Å²) in [6, 6.07) is 2.02. The SMILES string of the molecule is CCCO/N=C\c1cc2c([nH]1)C(C(N)=O)CCC2. The third-order valence-corrected chi connectivity index (χ3v) is 3.15. The van der Waals surface area contributed by atoms with Gasteiger partial charge in [-0.25, -0.2) is 0 Å². The average molecular weight is 249 g/mol. The van der Waals surface area contributed by atoms with Crippen molar-refractivity contribution in [3.05, 3.63) is 23.0 Å². The van der Waals surface area contributed by atoms with E-state index in [0.29, 0.717) is 6.61 Å². The first kappa shape index (κ1) is 12.7. The van der Waals surface area contributed by atoms with Crippen molar-refractivity contribution < 1.29 is 9.63 Å². The van der Waals surface area contributed by atoms with E-state index in [2.05, 4.69) is 10.1 Å². The van der Waals surface area contributed by atoms with Crippen LogP contribution in [0, 0.1) is 0 Å². The third-order valence-electron chi connectivity index (χ3n) is 3.15. The van der Waals surface area contributed by atoms with Gasteiger partial charge in [-0.3, -0.25) is 4.79 Å². The van der Waals surface area contributed by atoms with Crippen LogP contribution >= 0.6 is 0 Å². The van der Waals surface area contributed by atoms with Gasteiger partial charge in [0, 0.05) is 5.69 Å². The molecule has 0 saturated carbocycles. The Bertz CT molecular complexity index is 451. The molecule has 1 atom stereocenters. The highest BCUT2D eigenvalue weighted by Crippen LogP contribution is 2.31. The number of primary amides is 1. The number of nitrogens with two attached hydrogens (primary N) is 1. The zero-order valence-corrected chi connectivity index (χ0v) is 10.6. The zero-order chi connectivity index (χ0) is 13.0. The summed E-state index contributed by atoms with van der Waals surface area (Å²) >= 11 is 0. The predicted molar refractivity (Wildman–Crippen MR) is 69.5 cm³/mol. The quantitative estimate of drug-likeness (QED) is 0.473. The number of nitrogens with zero attached hydrogens (tertiary/aromatic N) is 1. The van der Waals surface area contributed by atoms with Crippen molar-refractivity contribution in [1.82, 2.24) is 4.98 Å². The number of oxime groups is 1. The predicted octanol–water partition coefficient (Wildman–Crippen LogP) is 1.68. The summed E-state index contributed by atoms with van der Waals surface area (Å²) < 4.78 is 0. The van der Waals surface area contributed by atoms with Crippen LogP contribution in [0.4, 0.5) is 0 Å². The lowest BCUT2D eigenvalue weighted by molar-refractivity contribution is -0.119.